The molecule has 0 bridgehead atoms. The van der Waals surface area contributed by atoms with E-state index >= 15 is 0 Å². The Kier molecular flexibility index (Phi) is 8.40. The molecule has 0 spiro atoms. The highest BCUT2D eigenvalue weighted by Crippen LogP contribution is 2.45. The van der Waals surface area contributed by atoms with Gasteiger partial charge in [-0.1, -0.05) is 113 Å². The minimum absolute atomic E-state index is 0.338. The van der Waals surface area contributed by atoms with Crippen LogP contribution in [0, 0.1) is 17.8 Å². The van der Waals surface area contributed by atoms with Crippen molar-refractivity contribution in [2.45, 2.75) is 89.6 Å². The van der Waals surface area contributed by atoms with Crippen LogP contribution in [0.3, 0.4) is 0 Å². The Balaban J connectivity index is 1.10. The maximum atomic E-state index is 12.7. The zero-order valence-electron chi connectivity index (χ0n) is 21.5. The summed E-state index contributed by atoms with van der Waals surface area (Å²) in [4.78, 5) is 25.1. The zero-order valence-corrected chi connectivity index (χ0v) is 21.5. The molecule has 5 rings (SSSR count). The minimum atomic E-state index is -0.529. The number of ether oxygens (including phenoxy) is 2. The Morgan fingerprint density at radius 2 is 1.25 bits per heavy atom. The van der Waals surface area contributed by atoms with E-state index in [0.29, 0.717) is 6.61 Å². The lowest BCUT2D eigenvalue weighted by Gasteiger charge is -2.38. The van der Waals surface area contributed by atoms with Crippen LogP contribution in [0.1, 0.15) is 101 Å². The summed E-state index contributed by atoms with van der Waals surface area (Å²) in [5.74, 6) is 1.47. The van der Waals surface area contributed by atoms with Crippen molar-refractivity contribution in [1.82, 2.24) is 0 Å². The lowest BCUT2D eigenvalue weighted by molar-refractivity contribution is -0.156. The Labute approximate surface area is 215 Å². The van der Waals surface area contributed by atoms with Gasteiger partial charge in [0, 0.05) is 11.1 Å². The Morgan fingerprint density at radius 3 is 1.81 bits per heavy atom. The monoisotopic (exact) mass is 488 g/mol. The molecule has 192 valence electrons. The molecule has 2 fully saturated rings. The first kappa shape index (κ1) is 25.0. The van der Waals surface area contributed by atoms with Gasteiger partial charge in [0.1, 0.15) is 6.42 Å². The second-order valence-corrected chi connectivity index (χ2v) is 11.0. The van der Waals surface area contributed by atoms with Crippen LogP contribution >= 0.6 is 0 Å². The number of hydrogen-bond donors (Lipinski definition) is 0. The van der Waals surface area contributed by atoms with E-state index in [0.717, 1.165) is 52.8 Å². The van der Waals surface area contributed by atoms with Crippen molar-refractivity contribution in [1.29, 1.82) is 0 Å². The smallest absolute Gasteiger partial charge is 0.318 e. The van der Waals surface area contributed by atoms with Crippen molar-refractivity contribution in [2.75, 3.05) is 6.61 Å². The molecule has 0 radical (unpaired) electrons. The van der Waals surface area contributed by atoms with Crippen molar-refractivity contribution < 1.29 is 19.1 Å². The van der Waals surface area contributed by atoms with Crippen molar-refractivity contribution in [2.24, 2.45) is 17.8 Å². The zero-order chi connectivity index (χ0) is 24.7. The third kappa shape index (κ3) is 5.85. The standard InChI is InChI=1S/C32H40O4/c33-30(35-21-11-20-25(23-12-3-1-4-13-23)24-14-5-2-6-15-24)22-31(34)36-32-28-18-9-7-16-26(28)27-17-8-10-19-29(27)32/h7-10,16-19,23-25,32H,1-6,11-15,20-22H2. The lowest BCUT2D eigenvalue weighted by Crippen LogP contribution is -2.27. The third-order valence-electron chi connectivity index (χ3n) is 8.77. The quantitative estimate of drug-likeness (QED) is 0.205. The number of esters is 2. The van der Waals surface area contributed by atoms with Gasteiger partial charge in [-0.15, -0.1) is 0 Å². The highest BCUT2D eigenvalue weighted by Gasteiger charge is 2.32. The van der Waals surface area contributed by atoms with Gasteiger partial charge in [0.05, 0.1) is 6.61 Å². The van der Waals surface area contributed by atoms with Crippen molar-refractivity contribution in [3.8, 4) is 11.1 Å². The number of carbonyl (C=O) groups is 2. The summed E-state index contributed by atoms with van der Waals surface area (Å²) in [6.07, 6.45) is 15.0. The number of benzene rings is 2. The molecular weight excluding hydrogens is 448 g/mol. The largest absolute Gasteiger partial charge is 0.465 e. The molecule has 0 aromatic heterocycles. The van der Waals surface area contributed by atoms with E-state index in [1.165, 1.54) is 64.2 Å². The van der Waals surface area contributed by atoms with Gasteiger partial charge < -0.3 is 9.47 Å². The summed E-state index contributed by atoms with van der Waals surface area (Å²) >= 11 is 0. The predicted molar refractivity (Wildman–Crippen MR) is 141 cm³/mol. The van der Waals surface area contributed by atoms with E-state index in [-0.39, 0.29) is 6.42 Å². The van der Waals surface area contributed by atoms with Gasteiger partial charge in [-0.3, -0.25) is 9.59 Å². The molecule has 2 aromatic rings. The van der Waals surface area contributed by atoms with E-state index < -0.39 is 18.0 Å². The molecule has 0 unspecified atom stereocenters. The first-order valence-electron chi connectivity index (χ1n) is 14.2. The second-order valence-electron chi connectivity index (χ2n) is 11.0. The van der Waals surface area contributed by atoms with Crippen LogP contribution in [-0.2, 0) is 19.1 Å². The van der Waals surface area contributed by atoms with Gasteiger partial charge in [-0.05, 0) is 41.7 Å². The summed E-state index contributed by atoms with van der Waals surface area (Å²) in [6.45, 7) is 0.400. The van der Waals surface area contributed by atoms with Gasteiger partial charge in [0.15, 0.2) is 6.10 Å². The Hall–Kier alpha value is -2.62. The fraction of sp³-hybridized carbons (Fsp3) is 0.562. The molecule has 0 atom stereocenters. The molecule has 36 heavy (non-hydrogen) atoms. The number of rotatable bonds is 9. The van der Waals surface area contributed by atoms with Crippen molar-refractivity contribution in [3.63, 3.8) is 0 Å². The molecule has 3 aliphatic rings. The van der Waals surface area contributed by atoms with E-state index in [2.05, 4.69) is 0 Å². The molecule has 0 saturated heterocycles. The topological polar surface area (TPSA) is 52.6 Å². The van der Waals surface area contributed by atoms with Crippen LogP contribution in [0.5, 0.6) is 0 Å². The number of carbonyl (C=O) groups excluding carboxylic acids is 2. The first-order valence-corrected chi connectivity index (χ1v) is 14.2. The highest BCUT2D eigenvalue weighted by atomic mass is 16.6. The van der Waals surface area contributed by atoms with E-state index in [9.17, 15) is 9.59 Å². The SMILES string of the molecule is O=C(CC(=O)OC1c2ccccc2-c2ccccc21)OCCCC(C1CCCCC1)C1CCCCC1. The van der Waals surface area contributed by atoms with E-state index in [1.807, 2.05) is 48.5 Å². The maximum Gasteiger partial charge on any atom is 0.318 e. The molecule has 4 nitrogen and oxygen atoms in total. The molecule has 0 aliphatic heterocycles. The minimum Gasteiger partial charge on any atom is -0.465 e. The third-order valence-corrected chi connectivity index (χ3v) is 8.77. The Morgan fingerprint density at radius 1 is 0.722 bits per heavy atom. The molecule has 3 aliphatic carbocycles. The average molecular weight is 489 g/mol. The van der Waals surface area contributed by atoms with Crippen molar-refractivity contribution >= 4 is 11.9 Å². The molecule has 2 aromatic carbocycles. The van der Waals surface area contributed by atoms with Gasteiger partial charge in [0.2, 0.25) is 0 Å². The molecular formula is C32H40O4. The fourth-order valence-corrected chi connectivity index (χ4v) is 7.06. The van der Waals surface area contributed by atoms with Gasteiger partial charge >= 0.3 is 11.9 Å². The van der Waals surface area contributed by atoms with E-state index in [1.54, 1.807) is 0 Å². The summed E-state index contributed by atoms with van der Waals surface area (Å²) in [6, 6.07) is 16.0. The predicted octanol–water partition coefficient (Wildman–Crippen LogP) is 7.79. The lowest BCUT2D eigenvalue weighted by atomic mass is 9.68. The van der Waals surface area contributed by atoms with Crippen LogP contribution in [0.4, 0.5) is 0 Å². The molecule has 0 amide bonds. The molecule has 2 saturated carbocycles. The fourth-order valence-electron chi connectivity index (χ4n) is 7.06. The number of hydrogen-bond acceptors (Lipinski definition) is 4. The van der Waals surface area contributed by atoms with E-state index in [4.69, 9.17) is 9.47 Å². The summed E-state index contributed by atoms with van der Waals surface area (Å²) in [5.41, 5.74) is 4.10. The normalized spacial score (nSPS) is 18.6. The first-order chi connectivity index (χ1) is 17.7. The Bertz CT molecular complexity index is 968. The van der Waals surface area contributed by atoms with Crippen LogP contribution in [0.2, 0.25) is 0 Å². The van der Waals surface area contributed by atoms with Gasteiger partial charge in [-0.2, -0.15) is 0 Å². The van der Waals surface area contributed by atoms with Crippen LogP contribution < -0.4 is 0 Å². The van der Waals surface area contributed by atoms with Crippen LogP contribution in [0.15, 0.2) is 48.5 Å². The average Bonchev–Trinajstić information content (AvgIpc) is 3.23. The molecule has 4 heteroatoms. The second kappa shape index (κ2) is 12.1. The number of fused-ring (bicyclic) bond motifs is 3. The summed E-state index contributed by atoms with van der Waals surface area (Å²) in [7, 11) is 0. The molecule has 0 N–H and O–H groups in total. The van der Waals surface area contributed by atoms with Crippen molar-refractivity contribution in [3.05, 3.63) is 59.7 Å². The maximum absolute atomic E-state index is 12.7. The summed E-state index contributed by atoms with van der Waals surface area (Å²) in [5, 5.41) is 0. The molecule has 0 heterocycles. The van der Waals surface area contributed by atoms with Crippen LogP contribution in [0.25, 0.3) is 11.1 Å². The highest BCUT2D eigenvalue weighted by molar-refractivity contribution is 5.92. The summed E-state index contributed by atoms with van der Waals surface area (Å²) < 4.78 is 11.3. The van der Waals surface area contributed by atoms with Gasteiger partial charge in [-0.25, -0.2) is 0 Å². The van der Waals surface area contributed by atoms with Gasteiger partial charge in [0.25, 0.3) is 0 Å². The van der Waals surface area contributed by atoms with Crippen LogP contribution in [-0.4, -0.2) is 18.5 Å².